The molecule has 0 aromatic carbocycles. The summed E-state index contributed by atoms with van der Waals surface area (Å²) in [5.41, 5.74) is 0.213. The molecule has 1 aromatic rings. The van der Waals surface area contributed by atoms with E-state index >= 15 is 0 Å². The predicted octanol–water partition coefficient (Wildman–Crippen LogP) is 2.22. The van der Waals surface area contributed by atoms with E-state index in [4.69, 9.17) is 0 Å². The van der Waals surface area contributed by atoms with Crippen molar-refractivity contribution in [1.29, 1.82) is 0 Å². The number of H-pyrrole nitrogens is 1. The summed E-state index contributed by atoms with van der Waals surface area (Å²) in [7, 11) is 0. The van der Waals surface area contributed by atoms with Crippen LogP contribution in [0.15, 0.2) is 12.1 Å². The quantitative estimate of drug-likeness (QED) is 0.480. The number of aromatic amines is 1. The SMILES string of the molecule is CCC(CCBr)NC(=O)c1ccc([N+](=O)[O-])[nH]1. The number of nitrogens with zero attached hydrogens (tertiary/aromatic N) is 1. The van der Waals surface area contributed by atoms with Crippen LogP contribution in [0, 0.1) is 10.1 Å². The van der Waals surface area contributed by atoms with Crippen LogP contribution >= 0.6 is 15.9 Å². The van der Waals surface area contributed by atoms with Gasteiger partial charge in [0.1, 0.15) is 0 Å². The number of hydrogen-bond acceptors (Lipinski definition) is 3. The monoisotopic (exact) mass is 303 g/mol. The zero-order valence-electron chi connectivity index (χ0n) is 9.40. The lowest BCUT2D eigenvalue weighted by Crippen LogP contribution is -2.34. The molecule has 1 unspecified atom stereocenters. The number of aromatic nitrogens is 1. The standard InChI is InChI=1S/C10H14BrN3O3/c1-2-7(5-6-11)12-10(15)8-3-4-9(13-8)14(16)17/h3-4,7,13H,2,5-6H2,1H3,(H,12,15). The van der Waals surface area contributed by atoms with Crippen LogP contribution in [-0.4, -0.2) is 27.2 Å². The maximum atomic E-state index is 11.7. The lowest BCUT2D eigenvalue weighted by atomic mass is 10.1. The molecule has 0 bridgehead atoms. The molecule has 0 aliphatic rings. The summed E-state index contributed by atoms with van der Waals surface area (Å²) < 4.78 is 0. The van der Waals surface area contributed by atoms with Gasteiger partial charge in [-0.05, 0) is 23.8 Å². The molecule has 7 heteroatoms. The van der Waals surface area contributed by atoms with Crippen molar-refractivity contribution in [2.45, 2.75) is 25.8 Å². The van der Waals surface area contributed by atoms with Crippen molar-refractivity contribution >= 4 is 27.7 Å². The molecule has 6 nitrogen and oxygen atoms in total. The van der Waals surface area contributed by atoms with Crippen LogP contribution in [0.25, 0.3) is 0 Å². The molecule has 0 fully saturated rings. The Bertz CT molecular complexity index is 405. The Morgan fingerprint density at radius 1 is 1.65 bits per heavy atom. The molecule has 0 radical (unpaired) electrons. The molecule has 1 aromatic heterocycles. The number of carbonyl (C=O) groups excluding carboxylic acids is 1. The van der Waals surface area contributed by atoms with E-state index < -0.39 is 4.92 Å². The number of carbonyl (C=O) groups is 1. The van der Waals surface area contributed by atoms with Crippen LogP contribution in [0.1, 0.15) is 30.3 Å². The first-order valence-electron chi connectivity index (χ1n) is 5.28. The molecule has 0 aliphatic heterocycles. The van der Waals surface area contributed by atoms with Gasteiger partial charge in [-0.3, -0.25) is 4.79 Å². The minimum absolute atomic E-state index is 0.0734. The van der Waals surface area contributed by atoms with E-state index in [0.717, 1.165) is 18.2 Å². The number of amides is 1. The molecule has 1 heterocycles. The molecule has 94 valence electrons. The Morgan fingerprint density at radius 3 is 2.82 bits per heavy atom. The maximum Gasteiger partial charge on any atom is 0.321 e. The van der Waals surface area contributed by atoms with Crippen molar-refractivity contribution in [2.75, 3.05) is 5.33 Å². The highest BCUT2D eigenvalue weighted by molar-refractivity contribution is 9.09. The van der Waals surface area contributed by atoms with E-state index in [0.29, 0.717) is 0 Å². The minimum Gasteiger partial charge on any atom is -0.358 e. The zero-order valence-corrected chi connectivity index (χ0v) is 11.0. The number of nitrogens with one attached hydrogen (secondary N) is 2. The van der Waals surface area contributed by atoms with Crippen LogP contribution in [0.4, 0.5) is 5.82 Å². The van der Waals surface area contributed by atoms with Crippen LogP contribution in [0.2, 0.25) is 0 Å². The smallest absolute Gasteiger partial charge is 0.321 e. The summed E-state index contributed by atoms with van der Waals surface area (Å²) in [6, 6.07) is 2.76. The van der Waals surface area contributed by atoms with Crippen molar-refractivity contribution in [3.63, 3.8) is 0 Å². The number of halogens is 1. The van der Waals surface area contributed by atoms with Crippen molar-refractivity contribution in [3.05, 3.63) is 27.9 Å². The van der Waals surface area contributed by atoms with Crippen LogP contribution in [0.3, 0.4) is 0 Å². The fraction of sp³-hybridized carbons (Fsp3) is 0.500. The lowest BCUT2D eigenvalue weighted by Gasteiger charge is -2.13. The summed E-state index contributed by atoms with van der Waals surface area (Å²) >= 11 is 3.31. The second-order valence-corrected chi connectivity index (χ2v) is 4.36. The molecule has 0 aliphatic carbocycles. The highest BCUT2D eigenvalue weighted by atomic mass is 79.9. The van der Waals surface area contributed by atoms with Crippen LogP contribution in [0.5, 0.6) is 0 Å². The van der Waals surface area contributed by atoms with Crippen molar-refractivity contribution < 1.29 is 9.72 Å². The van der Waals surface area contributed by atoms with Gasteiger partial charge in [0.15, 0.2) is 5.69 Å². The summed E-state index contributed by atoms with van der Waals surface area (Å²) in [6.45, 7) is 1.98. The molecular weight excluding hydrogens is 290 g/mol. The van der Waals surface area contributed by atoms with Gasteiger partial charge in [0.05, 0.1) is 0 Å². The first-order chi connectivity index (χ1) is 8.08. The van der Waals surface area contributed by atoms with E-state index in [2.05, 4.69) is 26.2 Å². The third-order valence-electron chi connectivity index (χ3n) is 2.40. The van der Waals surface area contributed by atoms with Gasteiger partial charge in [0.25, 0.3) is 5.91 Å². The molecule has 17 heavy (non-hydrogen) atoms. The van der Waals surface area contributed by atoms with Gasteiger partial charge in [-0.1, -0.05) is 22.9 Å². The molecule has 0 saturated carbocycles. The average molecular weight is 304 g/mol. The predicted molar refractivity (Wildman–Crippen MR) is 67.4 cm³/mol. The van der Waals surface area contributed by atoms with Crippen molar-refractivity contribution in [2.24, 2.45) is 0 Å². The molecule has 1 rings (SSSR count). The Balaban J connectivity index is 2.65. The Kier molecular flexibility index (Phi) is 5.14. The van der Waals surface area contributed by atoms with Gasteiger partial charge in [0.2, 0.25) is 0 Å². The van der Waals surface area contributed by atoms with Gasteiger partial charge >= 0.3 is 5.82 Å². The highest BCUT2D eigenvalue weighted by Gasteiger charge is 2.17. The van der Waals surface area contributed by atoms with Gasteiger partial charge in [-0.25, -0.2) is 4.98 Å². The summed E-state index contributed by atoms with van der Waals surface area (Å²) in [4.78, 5) is 24.1. The summed E-state index contributed by atoms with van der Waals surface area (Å²) in [5.74, 6) is -0.491. The minimum atomic E-state index is -0.563. The first-order valence-corrected chi connectivity index (χ1v) is 6.40. The number of rotatable bonds is 6. The molecule has 1 amide bonds. The molecule has 2 N–H and O–H groups in total. The van der Waals surface area contributed by atoms with Crippen LogP contribution in [-0.2, 0) is 0 Å². The number of hydrogen-bond donors (Lipinski definition) is 2. The van der Waals surface area contributed by atoms with E-state index in [-0.39, 0.29) is 23.5 Å². The normalized spacial score (nSPS) is 12.1. The third-order valence-corrected chi connectivity index (χ3v) is 2.86. The van der Waals surface area contributed by atoms with E-state index in [1.807, 2.05) is 6.92 Å². The van der Waals surface area contributed by atoms with E-state index in [1.54, 1.807) is 0 Å². The molecule has 1 atom stereocenters. The van der Waals surface area contributed by atoms with Crippen molar-refractivity contribution in [3.8, 4) is 0 Å². The first kappa shape index (κ1) is 13.7. The fourth-order valence-electron chi connectivity index (χ4n) is 1.40. The number of alkyl halides is 1. The van der Waals surface area contributed by atoms with Gasteiger partial charge < -0.3 is 15.4 Å². The summed E-state index contributed by atoms with van der Waals surface area (Å²) in [5, 5.41) is 14.1. The second kappa shape index (κ2) is 6.39. The average Bonchev–Trinajstić information content (AvgIpc) is 2.77. The molecule has 0 spiro atoms. The van der Waals surface area contributed by atoms with E-state index in [1.165, 1.54) is 12.1 Å². The Labute approximate surface area is 107 Å². The molecular formula is C10H14BrN3O3. The highest BCUT2D eigenvalue weighted by Crippen LogP contribution is 2.10. The second-order valence-electron chi connectivity index (χ2n) is 3.57. The largest absolute Gasteiger partial charge is 0.358 e. The number of nitro groups is 1. The Morgan fingerprint density at radius 2 is 2.35 bits per heavy atom. The van der Waals surface area contributed by atoms with E-state index in [9.17, 15) is 14.9 Å². The fourth-order valence-corrected chi connectivity index (χ4v) is 1.95. The lowest BCUT2D eigenvalue weighted by molar-refractivity contribution is -0.389. The summed E-state index contributed by atoms with van der Waals surface area (Å²) in [6.07, 6.45) is 1.64. The third kappa shape index (κ3) is 3.85. The van der Waals surface area contributed by atoms with Gasteiger partial charge in [-0.15, -0.1) is 0 Å². The zero-order chi connectivity index (χ0) is 12.8. The van der Waals surface area contributed by atoms with Crippen molar-refractivity contribution in [1.82, 2.24) is 10.3 Å². The van der Waals surface area contributed by atoms with Gasteiger partial charge in [0, 0.05) is 17.4 Å². The maximum absolute atomic E-state index is 11.7. The van der Waals surface area contributed by atoms with Gasteiger partial charge in [-0.2, -0.15) is 0 Å². The van der Waals surface area contributed by atoms with Crippen LogP contribution < -0.4 is 5.32 Å². The Hall–Kier alpha value is -1.37. The topological polar surface area (TPSA) is 88.0 Å². The molecule has 0 saturated heterocycles.